The van der Waals surface area contributed by atoms with Gasteiger partial charge in [0.2, 0.25) is 0 Å². The summed E-state index contributed by atoms with van der Waals surface area (Å²) in [5.74, 6) is 1.57. The van der Waals surface area contributed by atoms with Gasteiger partial charge in [0, 0.05) is 19.7 Å². The zero-order chi connectivity index (χ0) is 13.4. The Morgan fingerprint density at radius 1 is 1.05 bits per heavy atom. The highest BCUT2D eigenvalue weighted by Gasteiger charge is 2.19. The number of carbonyl (C=O) groups excluding carboxylic acids is 1. The van der Waals surface area contributed by atoms with Crippen molar-refractivity contribution >= 4 is 17.7 Å². The van der Waals surface area contributed by atoms with Gasteiger partial charge >= 0.3 is 0 Å². The van der Waals surface area contributed by atoms with Gasteiger partial charge in [-0.3, -0.25) is 4.79 Å². The van der Waals surface area contributed by atoms with E-state index in [9.17, 15) is 4.79 Å². The number of carbonyl (C=O) groups is 1. The molecule has 1 aliphatic rings. The van der Waals surface area contributed by atoms with E-state index in [4.69, 9.17) is 4.74 Å². The van der Waals surface area contributed by atoms with Crippen LogP contribution in [0.2, 0.25) is 0 Å². The lowest BCUT2D eigenvalue weighted by Gasteiger charge is -2.20. The fourth-order valence-corrected chi connectivity index (χ4v) is 2.85. The van der Waals surface area contributed by atoms with Gasteiger partial charge in [0.15, 0.2) is 0 Å². The highest BCUT2D eigenvalue weighted by Crippen LogP contribution is 2.46. The maximum Gasteiger partial charge on any atom is 0.253 e. The largest absolute Gasteiger partial charge is 0.455 e. The number of amides is 1. The van der Waals surface area contributed by atoms with Crippen molar-refractivity contribution in [2.75, 3.05) is 14.1 Å². The summed E-state index contributed by atoms with van der Waals surface area (Å²) in [7, 11) is 3.49. The molecule has 4 heteroatoms. The molecular formula is C15H13NO2S. The van der Waals surface area contributed by atoms with E-state index in [1.807, 2.05) is 36.4 Å². The van der Waals surface area contributed by atoms with E-state index in [0.717, 1.165) is 21.3 Å². The van der Waals surface area contributed by atoms with Crippen LogP contribution >= 0.6 is 11.8 Å². The van der Waals surface area contributed by atoms with Gasteiger partial charge in [0.1, 0.15) is 11.5 Å². The molecule has 0 saturated carbocycles. The first-order valence-electron chi connectivity index (χ1n) is 5.95. The number of rotatable bonds is 1. The first-order valence-corrected chi connectivity index (χ1v) is 6.77. The zero-order valence-corrected chi connectivity index (χ0v) is 11.5. The molecule has 3 rings (SSSR count). The molecule has 19 heavy (non-hydrogen) atoms. The second-order valence-corrected chi connectivity index (χ2v) is 5.60. The van der Waals surface area contributed by atoms with E-state index in [-0.39, 0.29) is 5.91 Å². The molecule has 1 amide bonds. The molecular weight excluding hydrogens is 258 g/mol. The van der Waals surface area contributed by atoms with E-state index in [1.54, 1.807) is 36.8 Å². The van der Waals surface area contributed by atoms with Crippen LogP contribution in [0.15, 0.2) is 52.3 Å². The molecule has 0 fully saturated rings. The highest BCUT2D eigenvalue weighted by atomic mass is 32.2. The molecule has 0 atom stereocenters. The Kier molecular flexibility index (Phi) is 2.95. The standard InChI is InChI=1S/C15H13NO2S/c1-16(2)15(17)10-7-8-14-12(9-10)18-11-5-3-4-6-13(11)19-14/h3-9H,1-2H3. The van der Waals surface area contributed by atoms with Crippen LogP contribution in [-0.2, 0) is 0 Å². The van der Waals surface area contributed by atoms with E-state index in [2.05, 4.69) is 0 Å². The Morgan fingerprint density at radius 3 is 2.58 bits per heavy atom. The maximum absolute atomic E-state index is 11.9. The first kappa shape index (κ1) is 12.1. The second-order valence-electron chi connectivity index (χ2n) is 4.51. The lowest BCUT2D eigenvalue weighted by atomic mass is 10.2. The van der Waals surface area contributed by atoms with Crippen LogP contribution in [0.1, 0.15) is 10.4 Å². The van der Waals surface area contributed by atoms with Crippen LogP contribution < -0.4 is 4.74 Å². The van der Waals surface area contributed by atoms with E-state index in [0.29, 0.717) is 5.56 Å². The van der Waals surface area contributed by atoms with Crippen molar-refractivity contribution in [3.8, 4) is 11.5 Å². The monoisotopic (exact) mass is 271 g/mol. The molecule has 0 N–H and O–H groups in total. The van der Waals surface area contributed by atoms with Crippen molar-refractivity contribution in [3.63, 3.8) is 0 Å². The molecule has 0 aromatic heterocycles. The van der Waals surface area contributed by atoms with Gasteiger partial charge in [0.05, 0.1) is 9.79 Å². The number of ether oxygens (including phenoxy) is 1. The highest BCUT2D eigenvalue weighted by molar-refractivity contribution is 7.99. The van der Waals surface area contributed by atoms with Crippen molar-refractivity contribution in [2.45, 2.75) is 9.79 Å². The number of fused-ring (bicyclic) bond motifs is 2. The van der Waals surface area contributed by atoms with Crippen LogP contribution in [0.5, 0.6) is 11.5 Å². The lowest BCUT2D eigenvalue weighted by molar-refractivity contribution is 0.0827. The van der Waals surface area contributed by atoms with Gasteiger partial charge in [0.25, 0.3) is 5.91 Å². The fourth-order valence-electron chi connectivity index (χ4n) is 1.92. The number of para-hydroxylation sites is 1. The minimum atomic E-state index is -0.0183. The van der Waals surface area contributed by atoms with Crippen molar-refractivity contribution in [1.29, 1.82) is 0 Å². The van der Waals surface area contributed by atoms with Crippen molar-refractivity contribution in [3.05, 3.63) is 48.0 Å². The number of hydrogen-bond acceptors (Lipinski definition) is 3. The summed E-state index contributed by atoms with van der Waals surface area (Å²) in [6.07, 6.45) is 0. The zero-order valence-electron chi connectivity index (χ0n) is 10.7. The van der Waals surface area contributed by atoms with Gasteiger partial charge in [-0.15, -0.1) is 0 Å². The van der Waals surface area contributed by atoms with Crippen LogP contribution in [0.4, 0.5) is 0 Å². The maximum atomic E-state index is 11.9. The molecule has 1 heterocycles. The Morgan fingerprint density at radius 2 is 1.79 bits per heavy atom. The first-order chi connectivity index (χ1) is 9.15. The number of benzene rings is 2. The van der Waals surface area contributed by atoms with Gasteiger partial charge in [-0.05, 0) is 30.3 Å². The summed E-state index contributed by atoms with van der Waals surface area (Å²) < 4.78 is 5.86. The molecule has 0 bridgehead atoms. The number of nitrogens with zero attached hydrogens (tertiary/aromatic N) is 1. The average molecular weight is 271 g/mol. The Bertz CT molecular complexity index is 652. The molecule has 96 valence electrons. The van der Waals surface area contributed by atoms with Crippen molar-refractivity contribution < 1.29 is 9.53 Å². The topological polar surface area (TPSA) is 29.5 Å². The summed E-state index contributed by atoms with van der Waals surface area (Å²) >= 11 is 1.66. The van der Waals surface area contributed by atoms with Crippen LogP contribution in [0, 0.1) is 0 Å². The minimum absolute atomic E-state index is 0.0183. The van der Waals surface area contributed by atoms with Crippen LogP contribution in [-0.4, -0.2) is 24.9 Å². The molecule has 0 aliphatic carbocycles. The predicted molar refractivity (Wildman–Crippen MR) is 75.1 cm³/mol. The summed E-state index contributed by atoms with van der Waals surface area (Å²) in [6.45, 7) is 0. The molecule has 0 spiro atoms. The third-order valence-electron chi connectivity index (χ3n) is 2.89. The Balaban J connectivity index is 1.98. The smallest absolute Gasteiger partial charge is 0.253 e. The van der Waals surface area contributed by atoms with Crippen LogP contribution in [0.25, 0.3) is 0 Å². The van der Waals surface area contributed by atoms with Gasteiger partial charge in [-0.2, -0.15) is 0 Å². The molecule has 2 aromatic carbocycles. The predicted octanol–water partition coefficient (Wildman–Crippen LogP) is 3.65. The fraction of sp³-hybridized carbons (Fsp3) is 0.133. The van der Waals surface area contributed by atoms with Crippen molar-refractivity contribution in [2.24, 2.45) is 0 Å². The SMILES string of the molecule is CN(C)C(=O)c1ccc2c(c1)Oc1ccccc1S2. The average Bonchev–Trinajstić information content (AvgIpc) is 2.43. The van der Waals surface area contributed by atoms with Crippen molar-refractivity contribution in [1.82, 2.24) is 4.90 Å². The van der Waals surface area contributed by atoms with Crippen LogP contribution in [0.3, 0.4) is 0 Å². The summed E-state index contributed by atoms with van der Waals surface area (Å²) in [4.78, 5) is 15.6. The minimum Gasteiger partial charge on any atom is -0.455 e. The Hall–Kier alpha value is -1.94. The normalized spacial score (nSPS) is 12.1. The third-order valence-corrected chi connectivity index (χ3v) is 4.00. The molecule has 3 nitrogen and oxygen atoms in total. The van der Waals surface area contributed by atoms with E-state index in [1.165, 1.54) is 0 Å². The van der Waals surface area contributed by atoms with Gasteiger partial charge < -0.3 is 9.64 Å². The molecule has 2 aromatic rings. The molecule has 1 aliphatic heterocycles. The van der Waals surface area contributed by atoms with E-state index < -0.39 is 0 Å². The van der Waals surface area contributed by atoms with E-state index >= 15 is 0 Å². The summed E-state index contributed by atoms with van der Waals surface area (Å²) in [5, 5.41) is 0. The molecule has 0 radical (unpaired) electrons. The Labute approximate surface area is 116 Å². The number of hydrogen-bond donors (Lipinski definition) is 0. The quantitative estimate of drug-likeness (QED) is 0.676. The summed E-state index contributed by atoms with van der Waals surface area (Å²) in [5.41, 5.74) is 0.642. The molecule has 0 unspecified atom stereocenters. The van der Waals surface area contributed by atoms with Gasteiger partial charge in [-0.25, -0.2) is 0 Å². The third kappa shape index (κ3) is 2.19. The second kappa shape index (κ2) is 4.63. The molecule has 0 saturated heterocycles. The summed E-state index contributed by atoms with van der Waals surface area (Å²) in [6, 6.07) is 13.5. The van der Waals surface area contributed by atoms with Gasteiger partial charge in [-0.1, -0.05) is 23.9 Å². The lowest BCUT2D eigenvalue weighted by Crippen LogP contribution is -2.21.